The van der Waals surface area contributed by atoms with Gasteiger partial charge in [-0.2, -0.15) is 0 Å². The van der Waals surface area contributed by atoms with Crippen molar-refractivity contribution in [2.75, 3.05) is 14.2 Å². The molecule has 1 rings (SSSR count). The van der Waals surface area contributed by atoms with E-state index < -0.39 is 11.8 Å². The van der Waals surface area contributed by atoms with Crippen molar-refractivity contribution in [2.45, 2.75) is 25.7 Å². The maximum Gasteiger partial charge on any atom is 0.374 e. The molecule has 0 aromatic heterocycles. The molecule has 0 bridgehead atoms. The van der Waals surface area contributed by atoms with Crippen molar-refractivity contribution in [3.63, 3.8) is 0 Å². The molecule has 98 valence electrons. The molecule has 4 heteroatoms. The number of carbonyl (C=O) groups excluding carboxylic acids is 2. The summed E-state index contributed by atoms with van der Waals surface area (Å²) in [7, 11) is 2.85. The molecule has 0 spiro atoms. The number of ether oxygens (including phenoxy) is 2. The molecule has 0 unspecified atom stereocenters. The Hall–Kier alpha value is -1.84. The van der Waals surface area contributed by atoms with Gasteiger partial charge in [-0.3, -0.25) is 4.79 Å². The third-order valence-corrected chi connectivity index (χ3v) is 2.69. The van der Waals surface area contributed by atoms with Crippen molar-refractivity contribution < 1.29 is 19.1 Å². The van der Waals surface area contributed by atoms with Crippen LogP contribution in [0.5, 0.6) is 5.75 Å². The van der Waals surface area contributed by atoms with Crippen LogP contribution in [-0.2, 0) is 20.7 Å². The van der Waals surface area contributed by atoms with Crippen LogP contribution >= 0.6 is 0 Å². The molecule has 1 aromatic carbocycles. The Morgan fingerprint density at radius 2 is 1.72 bits per heavy atom. The third-order valence-electron chi connectivity index (χ3n) is 2.69. The van der Waals surface area contributed by atoms with Crippen molar-refractivity contribution in [3.8, 4) is 5.75 Å². The summed E-state index contributed by atoms with van der Waals surface area (Å²) in [6.07, 6.45) is 2.70. The van der Waals surface area contributed by atoms with Crippen molar-refractivity contribution >= 4 is 11.8 Å². The minimum absolute atomic E-state index is 0.253. The summed E-state index contributed by atoms with van der Waals surface area (Å²) in [6.45, 7) is 0. The standard InChI is InChI=1S/C14H18O4/c1-17-12-9-7-11(8-10-12)5-3-4-6-13(15)14(16)18-2/h7-10H,3-6H2,1-2H3. The van der Waals surface area contributed by atoms with Gasteiger partial charge in [-0.1, -0.05) is 12.1 Å². The van der Waals surface area contributed by atoms with Gasteiger partial charge in [0.15, 0.2) is 0 Å². The van der Waals surface area contributed by atoms with Crippen molar-refractivity contribution in [3.05, 3.63) is 29.8 Å². The maximum atomic E-state index is 11.2. The highest BCUT2D eigenvalue weighted by Gasteiger charge is 2.12. The highest BCUT2D eigenvalue weighted by molar-refractivity contribution is 6.33. The molecule has 0 aliphatic heterocycles. The van der Waals surface area contributed by atoms with E-state index in [1.54, 1.807) is 7.11 Å². The first-order chi connectivity index (χ1) is 8.67. The first-order valence-corrected chi connectivity index (χ1v) is 5.91. The van der Waals surface area contributed by atoms with Gasteiger partial charge >= 0.3 is 5.97 Å². The molecule has 0 saturated heterocycles. The van der Waals surface area contributed by atoms with Crippen molar-refractivity contribution in [1.82, 2.24) is 0 Å². The van der Waals surface area contributed by atoms with Crippen molar-refractivity contribution in [1.29, 1.82) is 0 Å². The lowest BCUT2D eigenvalue weighted by Gasteiger charge is -2.03. The SMILES string of the molecule is COC(=O)C(=O)CCCCc1ccc(OC)cc1. The average molecular weight is 250 g/mol. The van der Waals surface area contributed by atoms with Gasteiger partial charge in [-0.25, -0.2) is 4.79 Å². The van der Waals surface area contributed by atoms with Gasteiger partial charge in [0.25, 0.3) is 0 Å². The minimum atomic E-state index is -0.751. The van der Waals surface area contributed by atoms with Crippen LogP contribution in [0.2, 0.25) is 0 Å². The monoisotopic (exact) mass is 250 g/mol. The number of aryl methyl sites for hydroxylation is 1. The van der Waals surface area contributed by atoms with Gasteiger partial charge < -0.3 is 9.47 Å². The molecule has 0 aliphatic carbocycles. The van der Waals surface area contributed by atoms with Crippen LogP contribution in [-0.4, -0.2) is 26.0 Å². The zero-order valence-electron chi connectivity index (χ0n) is 10.8. The first kappa shape index (κ1) is 14.2. The molecule has 18 heavy (non-hydrogen) atoms. The van der Waals surface area contributed by atoms with Gasteiger partial charge in [-0.15, -0.1) is 0 Å². The Morgan fingerprint density at radius 3 is 2.28 bits per heavy atom. The van der Waals surface area contributed by atoms with Crippen LogP contribution in [0.3, 0.4) is 0 Å². The normalized spacial score (nSPS) is 9.89. The second kappa shape index (κ2) is 7.48. The van der Waals surface area contributed by atoms with Gasteiger partial charge in [-0.05, 0) is 37.0 Å². The predicted octanol–water partition coefficient (Wildman–Crippen LogP) is 2.15. The second-order valence-electron chi connectivity index (χ2n) is 3.97. The lowest BCUT2D eigenvalue weighted by molar-refractivity contribution is -0.151. The molecule has 0 heterocycles. The quantitative estimate of drug-likeness (QED) is 0.422. The van der Waals surface area contributed by atoms with E-state index >= 15 is 0 Å². The largest absolute Gasteiger partial charge is 0.497 e. The van der Waals surface area contributed by atoms with Crippen LogP contribution in [0.1, 0.15) is 24.8 Å². The number of ketones is 1. The van der Waals surface area contributed by atoms with E-state index in [0.29, 0.717) is 6.42 Å². The smallest absolute Gasteiger partial charge is 0.374 e. The molecule has 0 aliphatic rings. The molecule has 1 aromatic rings. The molecule has 0 radical (unpaired) electrons. The van der Waals surface area contributed by atoms with E-state index in [9.17, 15) is 9.59 Å². The fraction of sp³-hybridized carbons (Fsp3) is 0.429. The molecular weight excluding hydrogens is 232 g/mol. The fourth-order valence-electron chi connectivity index (χ4n) is 1.62. The number of rotatable bonds is 7. The third kappa shape index (κ3) is 4.57. The Kier molecular flexibility index (Phi) is 5.91. The molecule has 0 atom stereocenters. The summed E-state index contributed by atoms with van der Waals surface area (Å²) in [5.41, 5.74) is 1.20. The fourth-order valence-corrected chi connectivity index (χ4v) is 1.62. The van der Waals surface area contributed by atoms with Crippen LogP contribution < -0.4 is 4.74 Å². The summed E-state index contributed by atoms with van der Waals surface area (Å²) in [5, 5.41) is 0. The van der Waals surface area contributed by atoms with Gasteiger partial charge in [0, 0.05) is 6.42 Å². The highest BCUT2D eigenvalue weighted by Crippen LogP contribution is 2.13. The number of hydrogen-bond acceptors (Lipinski definition) is 4. The van der Waals surface area contributed by atoms with Crippen LogP contribution in [0.15, 0.2) is 24.3 Å². The summed E-state index contributed by atoms with van der Waals surface area (Å²) >= 11 is 0. The Labute approximate surface area is 107 Å². The predicted molar refractivity (Wildman–Crippen MR) is 67.6 cm³/mol. The molecule has 0 N–H and O–H groups in total. The van der Waals surface area contributed by atoms with Crippen LogP contribution in [0.4, 0.5) is 0 Å². The number of benzene rings is 1. The summed E-state index contributed by atoms with van der Waals surface area (Å²) in [6, 6.07) is 7.83. The average Bonchev–Trinajstić information content (AvgIpc) is 2.43. The number of Topliss-reactive ketones (excluding diaryl/α,β-unsaturated/α-hetero) is 1. The topological polar surface area (TPSA) is 52.6 Å². The van der Waals surface area contributed by atoms with E-state index in [1.807, 2.05) is 24.3 Å². The molecule has 0 amide bonds. The summed E-state index contributed by atoms with van der Waals surface area (Å²) in [4.78, 5) is 22.0. The summed E-state index contributed by atoms with van der Waals surface area (Å²) < 4.78 is 9.42. The van der Waals surface area contributed by atoms with Crippen molar-refractivity contribution in [2.24, 2.45) is 0 Å². The zero-order valence-corrected chi connectivity index (χ0v) is 10.8. The molecule has 0 saturated carbocycles. The van der Waals surface area contributed by atoms with Gasteiger partial charge in [0.2, 0.25) is 5.78 Å². The number of hydrogen-bond donors (Lipinski definition) is 0. The molecule has 4 nitrogen and oxygen atoms in total. The summed E-state index contributed by atoms with van der Waals surface area (Å²) in [5.74, 6) is -0.369. The number of unbranched alkanes of at least 4 members (excludes halogenated alkanes) is 1. The highest BCUT2D eigenvalue weighted by atomic mass is 16.5. The van der Waals surface area contributed by atoms with E-state index in [2.05, 4.69) is 4.74 Å². The number of esters is 1. The van der Waals surface area contributed by atoms with E-state index in [0.717, 1.165) is 18.6 Å². The first-order valence-electron chi connectivity index (χ1n) is 5.91. The molecular formula is C14H18O4. The Morgan fingerprint density at radius 1 is 1.06 bits per heavy atom. The maximum absolute atomic E-state index is 11.2. The Bertz CT molecular complexity index is 395. The number of carbonyl (C=O) groups is 2. The minimum Gasteiger partial charge on any atom is -0.497 e. The van der Waals surface area contributed by atoms with E-state index in [4.69, 9.17) is 4.74 Å². The lowest BCUT2D eigenvalue weighted by Crippen LogP contribution is -2.14. The van der Waals surface area contributed by atoms with E-state index in [1.165, 1.54) is 12.7 Å². The van der Waals surface area contributed by atoms with Gasteiger partial charge in [0.1, 0.15) is 5.75 Å². The van der Waals surface area contributed by atoms with Gasteiger partial charge in [0.05, 0.1) is 14.2 Å². The zero-order chi connectivity index (χ0) is 13.4. The Balaban J connectivity index is 2.25. The molecule has 0 fully saturated rings. The van der Waals surface area contributed by atoms with Crippen LogP contribution in [0, 0.1) is 0 Å². The van der Waals surface area contributed by atoms with Crippen LogP contribution in [0.25, 0.3) is 0 Å². The second-order valence-corrected chi connectivity index (χ2v) is 3.97. The number of methoxy groups -OCH3 is 2. The van der Waals surface area contributed by atoms with E-state index in [-0.39, 0.29) is 6.42 Å². The lowest BCUT2D eigenvalue weighted by atomic mass is 10.1.